The van der Waals surface area contributed by atoms with Crippen LogP contribution < -0.4 is 0 Å². The molecular formula is C12H9F3O2. The van der Waals surface area contributed by atoms with Gasteiger partial charge in [0.05, 0.1) is 5.56 Å². The SMILES string of the molecule is FC(F)F.O=C(O)c1cccc2ccccc12. The van der Waals surface area contributed by atoms with Crippen LogP contribution in [0, 0.1) is 0 Å². The topological polar surface area (TPSA) is 37.3 Å². The Hall–Kier alpha value is -2.04. The Morgan fingerprint density at radius 2 is 1.53 bits per heavy atom. The van der Waals surface area contributed by atoms with E-state index >= 15 is 0 Å². The van der Waals surface area contributed by atoms with E-state index in [0.29, 0.717) is 5.56 Å². The summed E-state index contributed by atoms with van der Waals surface area (Å²) in [5.74, 6) is -0.878. The Kier molecular flexibility index (Phi) is 4.51. The second kappa shape index (κ2) is 5.89. The molecule has 2 aromatic rings. The lowest BCUT2D eigenvalue weighted by Crippen LogP contribution is -1.96. The monoisotopic (exact) mass is 242 g/mol. The number of alkyl halides is 3. The second-order valence-electron chi connectivity index (χ2n) is 3.08. The van der Waals surface area contributed by atoms with Gasteiger partial charge >= 0.3 is 12.6 Å². The van der Waals surface area contributed by atoms with Crippen molar-refractivity contribution in [3.05, 3.63) is 48.0 Å². The normalized spacial score (nSPS) is 9.88. The Morgan fingerprint density at radius 3 is 2.12 bits per heavy atom. The number of halogens is 3. The van der Waals surface area contributed by atoms with E-state index in [4.69, 9.17) is 5.11 Å². The predicted molar refractivity (Wildman–Crippen MR) is 58.0 cm³/mol. The van der Waals surface area contributed by atoms with Crippen LogP contribution in [0.25, 0.3) is 10.8 Å². The molecule has 2 rings (SSSR count). The molecule has 0 fully saturated rings. The fourth-order valence-electron chi connectivity index (χ4n) is 1.41. The zero-order chi connectivity index (χ0) is 12.8. The fraction of sp³-hybridized carbons (Fsp3) is 0.0833. The molecule has 0 atom stereocenters. The van der Waals surface area contributed by atoms with Crippen LogP contribution in [0.3, 0.4) is 0 Å². The minimum atomic E-state index is -3.67. The lowest BCUT2D eigenvalue weighted by molar-refractivity contribution is 0.00818. The maximum absolute atomic E-state index is 10.8. The summed E-state index contributed by atoms with van der Waals surface area (Å²) in [6, 6.07) is 12.7. The van der Waals surface area contributed by atoms with Gasteiger partial charge in [0.2, 0.25) is 0 Å². The first kappa shape index (κ1) is 13.0. The molecule has 0 spiro atoms. The first-order valence-electron chi connectivity index (χ1n) is 4.65. The summed E-state index contributed by atoms with van der Waals surface area (Å²) in [5.41, 5.74) is 0.359. The molecule has 2 aromatic carbocycles. The molecule has 0 aromatic heterocycles. The molecule has 0 radical (unpaired) electrons. The number of fused-ring (bicyclic) bond motifs is 1. The largest absolute Gasteiger partial charge is 0.478 e. The number of carbonyl (C=O) groups is 1. The Morgan fingerprint density at radius 1 is 1.00 bits per heavy atom. The minimum absolute atomic E-state index is 0.359. The molecule has 0 bridgehead atoms. The van der Waals surface area contributed by atoms with Gasteiger partial charge in [-0.3, -0.25) is 0 Å². The standard InChI is InChI=1S/C11H8O2.CHF3/c12-11(13)10-7-3-5-8-4-1-2-6-9(8)10;2-1(3)4/h1-7H,(H,12,13);1H. The van der Waals surface area contributed by atoms with Gasteiger partial charge in [-0.25, -0.2) is 4.79 Å². The highest BCUT2D eigenvalue weighted by Gasteiger charge is 2.05. The van der Waals surface area contributed by atoms with Gasteiger partial charge in [0.25, 0.3) is 0 Å². The van der Waals surface area contributed by atoms with Crippen LogP contribution in [-0.4, -0.2) is 17.8 Å². The van der Waals surface area contributed by atoms with Gasteiger partial charge in [-0.1, -0.05) is 36.4 Å². The molecule has 0 aliphatic heterocycles. The fourth-order valence-corrected chi connectivity index (χ4v) is 1.41. The van der Waals surface area contributed by atoms with Gasteiger partial charge in [0.15, 0.2) is 0 Å². The molecule has 0 saturated heterocycles. The highest BCUT2D eigenvalue weighted by molar-refractivity contribution is 6.03. The smallest absolute Gasteiger partial charge is 0.379 e. The van der Waals surface area contributed by atoms with Crippen LogP contribution >= 0.6 is 0 Å². The van der Waals surface area contributed by atoms with E-state index in [1.54, 1.807) is 12.1 Å². The molecule has 1 N–H and O–H groups in total. The molecule has 0 aliphatic carbocycles. The van der Waals surface area contributed by atoms with E-state index < -0.39 is 12.6 Å². The van der Waals surface area contributed by atoms with Crippen molar-refractivity contribution in [2.24, 2.45) is 0 Å². The average Bonchev–Trinajstić information content (AvgIpc) is 2.27. The summed E-state index contributed by atoms with van der Waals surface area (Å²) in [7, 11) is 0. The third kappa shape index (κ3) is 3.79. The number of hydrogen-bond donors (Lipinski definition) is 1. The van der Waals surface area contributed by atoms with Crippen molar-refractivity contribution >= 4 is 16.7 Å². The number of benzene rings is 2. The van der Waals surface area contributed by atoms with Crippen molar-refractivity contribution in [3.8, 4) is 0 Å². The first-order chi connectivity index (χ1) is 8.02. The molecule has 17 heavy (non-hydrogen) atoms. The quantitative estimate of drug-likeness (QED) is 0.827. The van der Waals surface area contributed by atoms with Crippen LogP contribution in [0.4, 0.5) is 13.2 Å². The summed E-state index contributed by atoms with van der Waals surface area (Å²) >= 11 is 0. The van der Waals surface area contributed by atoms with Crippen molar-refractivity contribution in [3.63, 3.8) is 0 Å². The molecule has 0 amide bonds. The zero-order valence-corrected chi connectivity index (χ0v) is 8.61. The van der Waals surface area contributed by atoms with Gasteiger partial charge < -0.3 is 5.11 Å². The highest BCUT2D eigenvalue weighted by Crippen LogP contribution is 2.17. The van der Waals surface area contributed by atoms with Crippen molar-refractivity contribution in [1.29, 1.82) is 0 Å². The van der Waals surface area contributed by atoms with Crippen molar-refractivity contribution in [2.75, 3.05) is 0 Å². The summed E-state index contributed by atoms with van der Waals surface area (Å²) in [4.78, 5) is 10.8. The Bertz CT molecular complexity index is 504. The maximum atomic E-state index is 10.8. The number of rotatable bonds is 1. The number of carboxylic acid groups (broad SMARTS) is 1. The Labute approximate surface area is 95.3 Å². The Balaban J connectivity index is 0.000000317. The zero-order valence-electron chi connectivity index (χ0n) is 8.61. The van der Waals surface area contributed by atoms with Crippen molar-refractivity contribution in [1.82, 2.24) is 0 Å². The number of aromatic carboxylic acids is 1. The summed E-state index contributed by atoms with van der Waals surface area (Å²) < 4.78 is 29.0. The van der Waals surface area contributed by atoms with Gasteiger partial charge in [-0.05, 0) is 16.8 Å². The molecule has 0 saturated carbocycles. The third-order valence-electron chi connectivity index (χ3n) is 2.02. The summed E-state index contributed by atoms with van der Waals surface area (Å²) in [5, 5.41) is 10.6. The molecule has 90 valence electrons. The summed E-state index contributed by atoms with van der Waals surface area (Å²) in [6.45, 7) is -3.67. The third-order valence-corrected chi connectivity index (χ3v) is 2.02. The summed E-state index contributed by atoms with van der Waals surface area (Å²) in [6.07, 6.45) is 0. The van der Waals surface area contributed by atoms with Crippen molar-refractivity contribution in [2.45, 2.75) is 6.68 Å². The molecule has 2 nitrogen and oxygen atoms in total. The van der Waals surface area contributed by atoms with E-state index in [0.717, 1.165) is 10.8 Å². The molecule has 0 heterocycles. The average molecular weight is 242 g/mol. The van der Waals surface area contributed by atoms with Gasteiger partial charge in [0, 0.05) is 0 Å². The molecule has 0 unspecified atom stereocenters. The molecular weight excluding hydrogens is 233 g/mol. The second-order valence-corrected chi connectivity index (χ2v) is 3.08. The maximum Gasteiger partial charge on any atom is 0.379 e. The van der Waals surface area contributed by atoms with E-state index in [2.05, 4.69) is 0 Å². The highest BCUT2D eigenvalue weighted by atomic mass is 19.4. The number of hydrogen-bond acceptors (Lipinski definition) is 1. The van der Waals surface area contributed by atoms with Gasteiger partial charge in [-0.2, -0.15) is 13.2 Å². The van der Waals surface area contributed by atoms with E-state index in [1.165, 1.54) is 0 Å². The van der Waals surface area contributed by atoms with E-state index in [9.17, 15) is 18.0 Å². The van der Waals surface area contributed by atoms with Crippen molar-refractivity contribution < 1.29 is 23.1 Å². The van der Waals surface area contributed by atoms with Crippen LogP contribution in [-0.2, 0) is 0 Å². The predicted octanol–water partition coefficient (Wildman–Crippen LogP) is 3.72. The first-order valence-corrected chi connectivity index (χ1v) is 4.65. The van der Waals surface area contributed by atoms with Crippen LogP contribution in [0.1, 0.15) is 10.4 Å². The van der Waals surface area contributed by atoms with E-state index in [1.807, 2.05) is 30.3 Å². The van der Waals surface area contributed by atoms with Crippen LogP contribution in [0.2, 0.25) is 0 Å². The molecule has 5 heteroatoms. The molecule has 0 aliphatic rings. The number of carboxylic acids is 1. The van der Waals surface area contributed by atoms with Gasteiger partial charge in [-0.15, -0.1) is 0 Å². The minimum Gasteiger partial charge on any atom is -0.478 e. The van der Waals surface area contributed by atoms with Crippen LogP contribution in [0.5, 0.6) is 0 Å². The van der Waals surface area contributed by atoms with Gasteiger partial charge in [0.1, 0.15) is 0 Å². The van der Waals surface area contributed by atoms with Crippen LogP contribution in [0.15, 0.2) is 42.5 Å². The lowest BCUT2D eigenvalue weighted by atomic mass is 10.1. The van der Waals surface area contributed by atoms with E-state index in [-0.39, 0.29) is 0 Å². The lowest BCUT2D eigenvalue weighted by Gasteiger charge is -2.00.